The van der Waals surface area contributed by atoms with Gasteiger partial charge in [0.15, 0.2) is 0 Å². The monoisotopic (exact) mass is 437 g/mol. The maximum absolute atomic E-state index is 12.9. The van der Waals surface area contributed by atoms with E-state index in [4.69, 9.17) is 4.74 Å². The van der Waals surface area contributed by atoms with E-state index in [0.717, 1.165) is 12.8 Å². The van der Waals surface area contributed by atoms with E-state index in [1.165, 1.54) is 16.4 Å². The van der Waals surface area contributed by atoms with Gasteiger partial charge in [-0.2, -0.15) is 4.31 Å². The van der Waals surface area contributed by atoms with Crippen LogP contribution in [0.1, 0.15) is 47.0 Å². The summed E-state index contributed by atoms with van der Waals surface area (Å²) in [6.45, 7) is 8.39. The summed E-state index contributed by atoms with van der Waals surface area (Å²) in [6, 6.07) is 4.79. The van der Waals surface area contributed by atoms with Gasteiger partial charge in [0.25, 0.3) is 0 Å². The lowest BCUT2D eigenvalue weighted by atomic mass is 10.1. The molecule has 30 heavy (non-hydrogen) atoms. The Hall–Kier alpha value is -2.13. The second-order valence-corrected chi connectivity index (χ2v) is 10.0. The molecule has 8 nitrogen and oxygen atoms in total. The number of anilines is 1. The average molecular weight is 438 g/mol. The minimum absolute atomic E-state index is 0.00849. The molecule has 2 aliphatic rings. The van der Waals surface area contributed by atoms with Crippen molar-refractivity contribution in [3.8, 4) is 5.75 Å². The van der Waals surface area contributed by atoms with Crippen molar-refractivity contribution in [1.82, 2.24) is 9.21 Å². The Morgan fingerprint density at radius 2 is 1.93 bits per heavy atom. The standard InChI is InChI=1S/C21H31N3O5S/c1-5-23(6-2)30(27,28)17-9-10-19(29-14(3)4)18(12-17)22-21(26)15-11-20(25)24(13-15)16-7-8-16/h9-10,12,14-16H,5-8,11,13H2,1-4H3,(H,22,26). The number of carbonyl (C=O) groups is 2. The van der Waals surface area contributed by atoms with Gasteiger partial charge in [-0.25, -0.2) is 8.42 Å². The van der Waals surface area contributed by atoms with E-state index < -0.39 is 15.9 Å². The van der Waals surface area contributed by atoms with Gasteiger partial charge in [-0.15, -0.1) is 0 Å². The third-order valence-corrected chi connectivity index (χ3v) is 7.48. The molecule has 0 spiro atoms. The summed E-state index contributed by atoms with van der Waals surface area (Å²) in [5, 5.41) is 2.82. The molecule has 1 unspecified atom stereocenters. The first-order valence-corrected chi connectivity index (χ1v) is 12.0. The van der Waals surface area contributed by atoms with Crippen molar-refractivity contribution in [2.24, 2.45) is 5.92 Å². The Morgan fingerprint density at radius 1 is 1.27 bits per heavy atom. The van der Waals surface area contributed by atoms with Crippen molar-refractivity contribution in [3.05, 3.63) is 18.2 Å². The molecular weight excluding hydrogens is 406 g/mol. The lowest BCUT2D eigenvalue weighted by Crippen LogP contribution is -2.31. The number of ether oxygens (including phenoxy) is 1. The zero-order valence-corrected chi connectivity index (χ0v) is 18.9. The maximum atomic E-state index is 12.9. The topological polar surface area (TPSA) is 96.0 Å². The second-order valence-electron chi connectivity index (χ2n) is 8.08. The highest BCUT2D eigenvalue weighted by Crippen LogP contribution is 2.34. The van der Waals surface area contributed by atoms with Crippen molar-refractivity contribution < 1.29 is 22.7 Å². The van der Waals surface area contributed by atoms with Crippen molar-refractivity contribution in [1.29, 1.82) is 0 Å². The molecule has 0 radical (unpaired) electrons. The van der Waals surface area contributed by atoms with Crippen LogP contribution in [0.3, 0.4) is 0 Å². The first-order valence-electron chi connectivity index (χ1n) is 10.6. The number of hydrogen-bond donors (Lipinski definition) is 1. The number of hydrogen-bond acceptors (Lipinski definition) is 5. The molecule has 1 aliphatic heterocycles. The third kappa shape index (κ3) is 4.78. The van der Waals surface area contributed by atoms with Gasteiger partial charge in [-0.05, 0) is 44.9 Å². The summed E-state index contributed by atoms with van der Waals surface area (Å²) in [6.07, 6.45) is 2.03. The molecule has 1 aromatic carbocycles. The summed E-state index contributed by atoms with van der Waals surface area (Å²) in [4.78, 5) is 27.0. The molecule has 9 heteroatoms. The van der Waals surface area contributed by atoms with Crippen LogP contribution in [0.2, 0.25) is 0 Å². The zero-order valence-electron chi connectivity index (χ0n) is 18.1. The van der Waals surface area contributed by atoms with Crippen molar-refractivity contribution in [2.45, 2.75) is 64.0 Å². The molecule has 2 fully saturated rings. The normalized spacial score (nSPS) is 19.6. The maximum Gasteiger partial charge on any atom is 0.243 e. The molecule has 1 saturated carbocycles. The lowest BCUT2D eigenvalue weighted by molar-refractivity contribution is -0.128. The summed E-state index contributed by atoms with van der Waals surface area (Å²) in [5.74, 6) is -0.333. The predicted molar refractivity (Wildman–Crippen MR) is 114 cm³/mol. The Balaban J connectivity index is 1.85. The van der Waals surface area contributed by atoms with E-state index in [2.05, 4.69) is 5.32 Å². The smallest absolute Gasteiger partial charge is 0.243 e. The molecule has 2 amide bonds. The molecule has 0 aromatic heterocycles. The van der Waals surface area contributed by atoms with E-state index >= 15 is 0 Å². The molecular formula is C21H31N3O5S. The highest BCUT2D eigenvalue weighted by Gasteiger charge is 2.41. The Labute approximate surface area is 178 Å². The number of likely N-dealkylation sites (tertiary alicyclic amines) is 1. The van der Waals surface area contributed by atoms with Crippen molar-refractivity contribution in [2.75, 3.05) is 25.0 Å². The van der Waals surface area contributed by atoms with Gasteiger partial charge >= 0.3 is 0 Å². The molecule has 1 N–H and O–H groups in total. The summed E-state index contributed by atoms with van der Waals surface area (Å²) >= 11 is 0. The van der Waals surface area contributed by atoms with E-state index in [0.29, 0.717) is 31.1 Å². The molecule has 1 atom stereocenters. The van der Waals surface area contributed by atoms with Gasteiger partial charge in [0.2, 0.25) is 21.8 Å². The Morgan fingerprint density at radius 3 is 2.50 bits per heavy atom. The Kier molecular flexibility index (Phi) is 6.71. The number of rotatable bonds is 9. The second kappa shape index (κ2) is 8.93. The highest BCUT2D eigenvalue weighted by atomic mass is 32.2. The van der Waals surface area contributed by atoms with Gasteiger partial charge < -0.3 is 15.0 Å². The molecule has 3 rings (SSSR count). The van der Waals surface area contributed by atoms with E-state index in [1.54, 1.807) is 24.8 Å². The summed E-state index contributed by atoms with van der Waals surface area (Å²) < 4.78 is 33.0. The number of nitrogens with zero attached hydrogens (tertiary/aromatic N) is 2. The molecule has 1 heterocycles. The van der Waals surface area contributed by atoms with Gasteiger partial charge in [-0.3, -0.25) is 9.59 Å². The van der Waals surface area contributed by atoms with Crippen LogP contribution >= 0.6 is 0 Å². The van der Waals surface area contributed by atoms with Crippen LogP contribution < -0.4 is 10.1 Å². The Bertz CT molecular complexity index is 907. The fraction of sp³-hybridized carbons (Fsp3) is 0.619. The molecule has 1 aliphatic carbocycles. The zero-order chi connectivity index (χ0) is 22.1. The number of carbonyl (C=O) groups excluding carboxylic acids is 2. The minimum Gasteiger partial charge on any atom is -0.489 e. The van der Waals surface area contributed by atoms with Crippen LogP contribution in [0, 0.1) is 5.92 Å². The molecule has 0 bridgehead atoms. The van der Waals surface area contributed by atoms with Crippen LogP contribution in [-0.2, 0) is 19.6 Å². The summed E-state index contributed by atoms with van der Waals surface area (Å²) in [7, 11) is -3.68. The minimum atomic E-state index is -3.68. The average Bonchev–Trinajstić information content (AvgIpc) is 3.44. The number of benzene rings is 1. The van der Waals surface area contributed by atoms with E-state index in [-0.39, 0.29) is 35.3 Å². The number of sulfonamides is 1. The molecule has 166 valence electrons. The van der Waals surface area contributed by atoms with Crippen LogP contribution in [0.15, 0.2) is 23.1 Å². The number of amides is 2. The van der Waals surface area contributed by atoms with E-state index in [1.807, 2.05) is 13.8 Å². The summed E-state index contributed by atoms with van der Waals surface area (Å²) in [5.41, 5.74) is 0.305. The van der Waals surface area contributed by atoms with Crippen LogP contribution in [0.5, 0.6) is 5.75 Å². The van der Waals surface area contributed by atoms with Gasteiger partial charge in [0.1, 0.15) is 5.75 Å². The first kappa shape index (κ1) is 22.6. The predicted octanol–water partition coefficient (Wildman–Crippen LogP) is 2.45. The van der Waals surface area contributed by atoms with Crippen molar-refractivity contribution in [3.63, 3.8) is 0 Å². The largest absolute Gasteiger partial charge is 0.489 e. The SMILES string of the molecule is CCN(CC)S(=O)(=O)c1ccc(OC(C)C)c(NC(=O)C2CC(=O)N(C3CC3)C2)c1. The first-order chi connectivity index (χ1) is 14.2. The van der Waals surface area contributed by atoms with Gasteiger partial charge in [0, 0.05) is 32.1 Å². The van der Waals surface area contributed by atoms with Crippen molar-refractivity contribution >= 4 is 27.5 Å². The van der Waals surface area contributed by atoms with Gasteiger partial charge in [-0.1, -0.05) is 13.8 Å². The van der Waals surface area contributed by atoms with Crippen LogP contribution in [0.4, 0.5) is 5.69 Å². The number of nitrogens with one attached hydrogen (secondary N) is 1. The highest BCUT2D eigenvalue weighted by molar-refractivity contribution is 7.89. The van der Waals surface area contributed by atoms with Gasteiger partial charge in [0.05, 0.1) is 22.6 Å². The third-order valence-electron chi connectivity index (χ3n) is 5.43. The molecule has 1 aromatic rings. The van der Waals surface area contributed by atoms with Crippen LogP contribution in [-0.4, -0.2) is 61.2 Å². The van der Waals surface area contributed by atoms with E-state index in [9.17, 15) is 18.0 Å². The molecule has 1 saturated heterocycles. The fourth-order valence-corrected chi connectivity index (χ4v) is 5.20. The fourth-order valence-electron chi connectivity index (χ4n) is 3.72. The lowest BCUT2D eigenvalue weighted by Gasteiger charge is -2.21. The van der Waals surface area contributed by atoms with Crippen LogP contribution in [0.25, 0.3) is 0 Å². The quantitative estimate of drug-likeness (QED) is 0.640.